The van der Waals surface area contributed by atoms with Crippen LogP contribution in [0.3, 0.4) is 0 Å². The standard InChI is InChI=1S/C6H8N2O.ClH/c1-5-2-3-6(4-9)8-7-5;/h2-3,9H,4H2,1H3;1H. The SMILES string of the molecule is Cc1ccc(CO)nn1.Cl. The average Bonchev–Trinajstić information content (AvgIpc) is 1.90. The maximum Gasteiger partial charge on any atom is 0.0885 e. The molecule has 0 aromatic carbocycles. The molecule has 0 amide bonds. The molecule has 0 atom stereocenters. The van der Waals surface area contributed by atoms with Crippen molar-refractivity contribution in [1.82, 2.24) is 10.2 Å². The number of rotatable bonds is 1. The Morgan fingerprint density at radius 1 is 1.40 bits per heavy atom. The largest absolute Gasteiger partial charge is 0.390 e. The Hall–Kier alpha value is -0.670. The van der Waals surface area contributed by atoms with Gasteiger partial charge < -0.3 is 5.11 Å². The summed E-state index contributed by atoms with van der Waals surface area (Å²) in [6.07, 6.45) is 0. The first-order chi connectivity index (χ1) is 4.33. The van der Waals surface area contributed by atoms with Crippen LogP contribution < -0.4 is 0 Å². The van der Waals surface area contributed by atoms with Gasteiger partial charge in [-0.15, -0.1) is 12.4 Å². The molecule has 0 aliphatic heterocycles. The minimum Gasteiger partial charge on any atom is -0.390 e. The number of aliphatic hydroxyl groups excluding tert-OH is 1. The molecule has 56 valence electrons. The highest BCUT2D eigenvalue weighted by Crippen LogP contribution is 1.92. The molecular weight excluding hydrogens is 152 g/mol. The van der Waals surface area contributed by atoms with E-state index in [2.05, 4.69) is 10.2 Å². The van der Waals surface area contributed by atoms with E-state index in [1.807, 2.05) is 13.0 Å². The molecule has 0 unspecified atom stereocenters. The summed E-state index contributed by atoms with van der Waals surface area (Å²) in [5.74, 6) is 0. The maximum atomic E-state index is 8.53. The van der Waals surface area contributed by atoms with Gasteiger partial charge in [-0.25, -0.2) is 0 Å². The van der Waals surface area contributed by atoms with Gasteiger partial charge in [0.05, 0.1) is 18.0 Å². The van der Waals surface area contributed by atoms with Gasteiger partial charge >= 0.3 is 0 Å². The molecule has 0 saturated carbocycles. The van der Waals surface area contributed by atoms with E-state index in [0.717, 1.165) is 5.69 Å². The fraction of sp³-hybridized carbons (Fsp3) is 0.333. The van der Waals surface area contributed by atoms with Crippen LogP contribution in [0.2, 0.25) is 0 Å². The lowest BCUT2D eigenvalue weighted by Crippen LogP contribution is -1.92. The van der Waals surface area contributed by atoms with Gasteiger partial charge in [0, 0.05) is 0 Å². The summed E-state index contributed by atoms with van der Waals surface area (Å²) in [4.78, 5) is 0. The van der Waals surface area contributed by atoms with Crippen LogP contribution in [0.5, 0.6) is 0 Å². The smallest absolute Gasteiger partial charge is 0.0885 e. The average molecular weight is 161 g/mol. The number of nitrogens with zero attached hydrogens (tertiary/aromatic N) is 2. The Bertz CT molecular complexity index is 187. The normalized spacial score (nSPS) is 8.60. The van der Waals surface area contributed by atoms with Crippen LogP contribution in [0.4, 0.5) is 0 Å². The molecule has 0 aliphatic rings. The summed E-state index contributed by atoms with van der Waals surface area (Å²) in [6, 6.07) is 3.57. The Balaban J connectivity index is 0.000000810. The molecule has 0 radical (unpaired) electrons. The Morgan fingerprint density at radius 2 is 2.10 bits per heavy atom. The maximum absolute atomic E-state index is 8.53. The molecule has 0 bridgehead atoms. The topological polar surface area (TPSA) is 46.0 Å². The molecule has 1 N–H and O–H groups in total. The van der Waals surface area contributed by atoms with E-state index in [-0.39, 0.29) is 19.0 Å². The lowest BCUT2D eigenvalue weighted by Gasteiger charge is -1.91. The minimum absolute atomic E-state index is 0. The second-order valence-corrected chi connectivity index (χ2v) is 1.82. The van der Waals surface area contributed by atoms with Crippen LogP contribution >= 0.6 is 12.4 Å². The van der Waals surface area contributed by atoms with Crippen LogP contribution in [-0.2, 0) is 6.61 Å². The van der Waals surface area contributed by atoms with E-state index in [1.54, 1.807) is 6.07 Å². The Morgan fingerprint density at radius 3 is 2.50 bits per heavy atom. The third kappa shape index (κ3) is 2.29. The highest BCUT2D eigenvalue weighted by Gasteiger charge is 1.89. The number of hydrogen-bond donors (Lipinski definition) is 1. The van der Waals surface area contributed by atoms with E-state index in [9.17, 15) is 0 Å². The van der Waals surface area contributed by atoms with Crippen molar-refractivity contribution >= 4 is 12.4 Å². The van der Waals surface area contributed by atoms with Crippen molar-refractivity contribution in [1.29, 1.82) is 0 Å². The zero-order valence-corrected chi connectivity index (χ0v) is 6.43. The molecular formula is C6H9ClN2O. The summed E-state index contributed by atoms with van der Waals surface area (Å²) >= 11 is 0. The van der Waals surface area contributed by atoms with Crippen molar-refractivity contribution in [2.75, 3.05) is 0 Å². The number of hydrogen-bond acceptors (Lipinski definition) is 3. The molecule has 1 heterocycles. The van der Waals surface area contributed by atoms with Crippen LogP contribution in [-0.4, -0.2) is 15.3 Å². The molecule has 4 heteroatoms. The summed E-state index contributed by atoms with van der Waals surface area (Å²) in [5, 5.41) is 16.0. The Labute approximate surface area is 65.5 Å². The predicted molar refractivity (Wildman–Crippen MR) is 39.9 cm³/mol. The summed E-state index contributed by atoms with van der Waals surface area (Å²) in [7, 11) is 0. The molecule has 1 aromatic rings. The number of aromatic nitrogens is 2. The third-order valence-electron chi connectivity index (χ3n) is 1.02. The molecule has 0 aliphatic carbocycles. The van der Waals surface area contributed by atoms with Crippen LogP contribution in [0.15, 0.2) is 12.1 Å². The zero-order valence-electron chi connectivity index (χ0n) is 5.61. The lowest BCUT2D eigenvalue weighted by molar-refractivity contribution is 0.275. The monoisotopic (exact) mass is 160 g/mol. The first kappa shape index (κ1) is 9.33. The molecule has 0 saturated heterocycles. The molecule has 10 heavy (non-hydrogen) atoms. The number of aliphatic hydroxyl groups is 1. The zero-order chi connectivity index (χ0) is 6.69. The Kier molecular flexibility index (Phi) is 3.91. The molecule has 1 rings (SSSR count). The first-order valence-electron chi connectivity index (χ1n) is 2.73. The summed E-state index contributed by atoms with van der Waals surface area (Å²) < 4.78 is 0. The van der Waals surface area contributed by atoms with E-state index in [0.29, 0.717) is 5.69 Å². The summed E-state index contributed by atoms with van der Waals surface area (Å²) in [6.45, 7) is 1.82. The number of aryl methyl sites for hydroxylation is 1. The third-order valence-corrected chi connectivity index (χ3v) is 1.02. The predicted octanol–water partition coefficient (Wildman–Crippen LogP) is 0.699. The van der Waals surface area contributed by atoms with E-state index < -0.39 is 0 Å². The quantitative estimate of drug-likeness (QED) is 0.658. The highest BCUT2D eigenvalue weighted by molar-refractivity contribution is 5.85. The van der Waals surface area contributed by atoms with Gasteiger partial charge in [-0.2, -0.15) is 10.2 Å². The lowest BCUT2D eigenvalue weighted by atomic mass is 10.3. The molecule has 1 aromatic heterocycles. The van der Waals surface area contributed by atoms with Gasteiger partial charge in [-0.3, -0.25) is 0 Å². The van der Waals surface area contributed by atoms with Crippen molar-refractivity contribution in [3.63, 3.8) is 0 Å². The first-order valence-corrected chi connectivity index (χ1v) is 2.73. The van der Waals surface area contributed by atoms with Crippen molar-refractivity contribution in [3.8, 4) is 0 Å². The van der Waals surface area contributed by atoms with Gasteiger partial charge in [-0.05, 0) is 19.1 Å². The van der Waals surface area contributed by atoms with E-state index in [1.165, 1.54) is 0 Å². The fourth-order valence-electron chi connectivity index (χ4n) is 0.511. The van der Waals surface area contributed by atoms with Gasteiger partial charge in [0.15, 0.2) is 0 Å². The van der Waals surface area contributed by atoms with Gasteiger partial charge in [-0.1, -0.05) is 0 Å². The second kappa shape index (κ2) is 4.19. The van der Waals surface area contributed by atoms with Crippen LogP contribution in [0.25, 0.3) is 0 Å². The van der Waals surface area contributed by atoms with Gasteiger partial charge in [0.1, 0.15) is 0 Å². The van der Waals surface area contributed by atoms with Crippen molar-refractivity contribution < 1.29 is 5.11 Å². The fourth-order valence-corrected chi connectivity index (χ4v) is 0.511. The van der Waals surface area contributed by atoms with Gasteiger partial charge in [0.25, 0.3) is 0 Å². The van der Waals surface area contributed by atoms with Crippen molar-refractivity contribution in [3.05, 3.63) is 23.5 Å². The summed E-state index contributed by atoms with van der Waals surface area (Å²) in [5.41, 5.74) is 1.48. The molecule has 3 nitrogen and oxygen atoms in total. The number of halogens is 1. The van der Waals surface area contributed by atoms with Gasteiger partial charge in [0.2, 0.25) is 0 Å². The van der Waals surface area contributed by atoms with Crippen LogP contribution in [0.1, 0.15) is 11.4 Å². The van der Waals surface area contributed by atoms with Crippen molar-refractivity contribution in [2.24, 2.45) is 0 Å². The second-order valence-electron chi connectivity index (χ2n) is 1.82. The van der Waals surface area contributed by atoms with E-state index >= 15 is 0 Å². The van der Waals surface area contributed by atoms with Crippen molar-refractivity contribution in [2.45, 2.75) is 13.5 Å². The van der Waals surface area contributed by atoms with Crippen LogP contribution in [0, 0.1) is 6.92 Å². The highest BCUT2D eigenvalue weighted by atomic mass is 35.5. The molecule has 0 fully saturated rings. The molecule has 0 spiro atoms. The van der Waals surface area contributed by atoms with E-state index in [4.69, 9.17) is 5.11 Å². The minimum atomic E-state index is -0.0344.